The molecule has 1 heterocycles. The molecule has 0 atom stereocenters. The Kier molecular flexibility index (Phi) is 4.35. The van der Waals surface area contributed by atoms with E-state index < -0.39 is 0 Å². The summed E-state index contributed by atoms with van der Waals surface area (Å²) in [6, 6.07) is 12.0. The third-order valence-corrected chi connectivity index (χ3v) is 3.91. The number of anilines is 1. The van der Waals surface area contributed by atoms with Crippen LogP contribution in [-0.2, 0) is 6.54 Å². The summed E-state index contributed by atoms with van der Waals surface area (Å²) in [4.78, 5) is 0. The fraction of sp³-hybridized carbons (Fsp3) is 0.222. The summed E-state index contributed by atoms with van der Waals surface area (Å²) in [5.41, 5.74) is 5.23. The van der Waals surface area contributed by atoms with Crippen LogP contribution in [0.25, 0.3) is 11.5 Å². The summed E-state index contributed by atoms with van der Waals surface area (Å²) in [5.74, 6) is 1.05. The van der Waals surface area contributed by atoms with Crippen molar-refractivity contribution in [3.63, 3.8) is 0 Å². The molecule has 0 bridgehead atoms. The predicted octanol–water partition coefficient (Wildman–Crippen LogP) is 4.93. The van der Waals surface area contributed by atoms with Gasteiger partial charge in [0.25, 0.3) is 0 Å². The molecule has 4 nitrogen and oxygen atoms in total. The summed E-state index contributed by atoms with van der Waals surface area (Å²) < 4.78 is 5.71. The first kappa shape index (κ1) is 15.6. The lowest BCUT2D eigenvalue weighted by Gasteiger charge is -2.10. The van der Waals surface area contributed by atoms with E-state index in [-0.39, 0.29) is 0 Å². The van der Waals surface area contributed by atoms with E-state index in [1.807, 2.05) is 51.1 Å². The van der Waals surface area contributed by atoms with E-state index in [0.29, 0.717) is 23.3 Å². The van der Waals surface area contributed by atoms with Crippen molar-refractivity contribution < 1.29 is 4.42 Å². The summed E-state index contributed by atoms with van der Waals surface area (Å²) in [7, 11) is 0. The average Bonchev–Trinajstić information content (AvgIpc) is 2.96. The molecular formula is C18H18ClN3O. The maximum atomic E-state index is 6.29. The number of aryl methyl sites for hydroxylation is 3. The zero-order chi connectivity index (χ0) is 16.4. The molecule has 3 rings (SSSR count). The van der Waals surface area contributed by atoms with Gasteiger partial charge in [-0.15, -0.1) is 10.2 Å². The third-order valence-electron chi connectivity index (χ3n) is 3.61. The second-order valence-corrected chi connectivity index (χ2v) is 6.07. The van der Waals surface area contributed by atoms with Gasteiger partial charge in [0.15, 0.2) is 0 Å². The second kappa shape index (κ2) is 6.42. The number of hydrogen-bond acceptors (Lipinski definition) is 4. The van der Waals surface area contributed by atoms with E-state index in [0.717, 1.165) is 22.4 Å². The van der Waals surface area contributed by atoms with Crippen LogP contribution >= 0.6 is 11.6 Å². The average molecular weight is 328 g/mol. The van der Waals surface area contributed by atoms with E-state index in [1.54, 1.807) is 0 Å². The quantitative estimate of drug-likeness (QED) is 0.738. The van der Waals surface area contributed by atoms with Crippen molar-refractivity contribution in [3.05, 3.63) is 64.0 Å². The molecule has 0 saturated carbocycles. The highest BCUT2D eigenvalue weighted by Crippen LogP contribution is 2.28. The maximum Gasteiger partial charge on any atom is 0.247 e. The molecule has 0 unspecified atom stereocenters. The Hall–Kier alpha value is -2.33. The number of nitrogens with zero attached hydrogens (tertiary/aromatic N) is 2. The van der Waals surface area contributed by atoms with Gasteiger partial charge in [-0.2, -0.15) is 0 Å². The Morgan fingerprint density at radius 3 is 2.43 bits per heavy atom. The van der Waals surface area contributed by atoms with Crippen LogP contribution in [0.15, 0.2) is 40.8 Å². The zero-order valence-electron chi connectivity index (χ0n) is 13.4. The van der Waals surface area contributed by atoms with Crippen LogP contribution in [0.4, 0.5) is 5.69 Å². The van der Waals surface area contributed by atoms with E-state index in [2.05, 4.69) is 21.6 Å². The summed E-state index contributed by atoms with van der Waals surface area (Å²) in [6.45, 7) is 6.52. The lowest BCUT2D eigenvalue weighted by atomic mass is 10.1. The molecule has 3 aromatic rings. The first-order valence-electron chi connectivity index (χ1n) is 7.43. The normalized spacial score (nSPS) is 10.8. The largest absolute Gasteiger partial charge is 0.419 e. The Morgan fingerprint density at radius 1 is 1.00 bits per heavy atom. The highest BCUT2D eigenvalue weighted by molar-refractivity contribution is 6.33. The Labute approximate surface area is 140 Å². The molecule has 0 amide bonds. The molecule has 0 aliphatic rings. The molecule has 5 heteroatoms. The highest BCUT2D eigenvalue weighted by atomic mass is 35.5. The van der Waals surface area contributed by atoms with Gasteiger partial charge in [0.1, 0.15) is 0 Å². The molecule has 0 aliphatic carbocycles. The van der Waals surface area contributed by atoms with Crippen molar-refractivity contribution in [1.82, 2.24) is 10.2 Å². The van der Waals surface area contributed by atoms with Crippen molar-refractivity contribution >= 4 is 17.3 Å². The van der Waals surface area contributed by atoms with Gasteiger partial charge >= 0.3 is 0 Å². The zero-order valence-corrected chi connectivity index (χ0v) is 14.1. The number of rotatable bonds is 4. The minimum absolute atomic E-state index is 0.433. The molecule has 23 heavy (non-hydrogen) atoms. The lowest BCUT2D eigenvalue weighted by molar-refractivity contribution is 0.515. The van der Waals surface area contributed by atoms with E-state index in [1.165, 1.54) is 5.56 Å². The number of nitrogens with one attached hydrogen (secondary N) is 1. The molecule has 1 aromatic heterocycles. The molecule has 0 spiro atoms. The molecule has 2 aromatic carbocycles. The monoisotopic (exact) mass is 327 g/mol. The van der Waals surface area contributed by atoms with Gasteiger partial charge in [0.2, 0.25) is 11.8 Å². The topological polar surface area (TPSA) is 51.0 Å². The Bertz CT molecular complexity index is 802. The van der Waals surface area contributed by atoms with Crippen molar-refractivity contribution in [2.75, 3.05) is 5.32 Å². The fourth-order valence-corrected chi connectivity index (χ4v) is 2.83. The van der Waals surface area contributed by atoms with Crippen LogP contribution < -0.4 is 5.32 Å². The van der Waals surface area contributed by atoms with E-state index >= 15 is 0 Å². The van der Waals surface area contributed by atoms with Gasteiger partial charge < -0.3 is 9.73 Å². The van der Waals surface area contributed by atoms with Crippen molar-refractivity contribution in [2.45, 2.75) is 27.3 Å². The van der Waals surface area contributed by atoms with Crippen LogP contribution in [0.1, 0.15) is 22.6 Å². The molecular weight excluding hydrogens is 310 g/mol. The molecule has 1 N–H and O–H groups in total. The van der Waals surface area contributed by atoms with Crippen LogP contribution in [-0.4, -0.2) is 10.2 Å². The van der Waals surface area contributed by atoms with Gasteiger partial charge in [-0.05, 0) is 50.1 Å². The van der Waals surface area contributed by atoms with Crippen molar-refractivity contribution in [3.8, 4) is 11.5 Å². The first-order chi connectivity index (χ1) is 11.0. The standard InChI is InChI=1S/C18H18ClN3O/c1-11-4-6-14(7-5-11)18-22-21-16(23-18)10-20-17-13(3)8-12(2)9-15(17)19/h4-9,20H,10H2,1-3H3. The molecule has 0 fully saturated rings. The Balaban J connectivity index is 1.74. The summed E-state index contributed by atoms with van der Waals surface area (Å²) in [6.07, 6.45) is 0. The number of halogens is 1. The van der Waals surface area contributed by atoms with Gasteiger partial charge in [-0.3, -0.25) is 0 Å². The maximum absolute atomic E-state index is 6.29. The first-order valence-corrected chi connectivity index (χ1v) is 7.81. The van der Waals surface area contributed by atoms with Crippen molar-refractivity contribution in [2.24, 2.45) is 0 Å². The number of hydrogen-bond donors (Lipinski definition) is 1. The minimum Gasteiger partial charge on any atom is -0.419 e. The fourth-order valence-electron chi connectivity index (χ4n) is 2.44. The molecule has 0 saturated heterocycles. The van der Waals surface area contributed by atoms with Gasteiger partial charge in [0.05, 0.1) is 17.3 Å². The SMILES string of the molecule is Cc1ccc(-c2nnc(CNc3c(C)cc(C)cc3Cl)o2)cc1. The smallest absolute Gasteiger partial charge is 0.247 e. The highest BCUT2D eigenvalue weighted by Gasteiger charge is 2.10. The van der Waals surface area contributed by atoms with Crippen LogP contribution in [0.5, 0.6) is 0 Å². The number of benzene rings is 2. The lowest BCUT2D eigenvalue weighted by Crippen LogP contribution is -2.02. The van der Waals surface area contributed by atoms with Crippen molar-refractivity contribution in [1.29, 1.82) is 0 Å². The minimum atomic E-state index is 0.433. The molecule has 0 radical (unpaired) electrons. The molecule has 118 valence electrons. The third kappa shape index (κ3) is 3.54. The summed E-state index contributed by atoms with van der Waals surface area (Å²) in [5, 5.41) is 12.1. The summed E-state index contributed by atoms with van der Waals surface area (Å²) >= 11 is 6.29. The Morgan fingerprint density at radius 2 is 1.74 bits per heavy atom. The second-order valence-electron chi connectivity index (χ2n) is 5.66. The molecule has 0 aliphatic heterocycles. The van der Waals surface area contributed by atoms with Gasteiger partial charge in [0, 0.05) is 5.56 Å². The van der Waals surface area contributed by atoms with E-state index in [4.69, 9.17) is 16.0 Å². The van der Waals surface area contributed by atoms with Crippen LogP contribution in [0.3, 0.4) is 0 Å². The van der Waals surface area contributed by atoms with E-state index in [9.17, 15) is 0 Å². The predicted molar refractivity (Wildman–Crippen MR) is 92.7 cm³/mol. The van der Waals surface area contributed by atoms with Crippen LogP contribution in [0, 0.1) is 20.8 Å². The van der Waals surface area contributed by atoms with Gasteiger partial charge in [-0.25, -0.2) is 0 Å². The van der Waals surface area contributed by atoms with Gasteiger partial charge in [-0.1, -0.05) is 35.4 Å². The number of aromatic nitrogens is 2. The van der Waals surface area contributed by atoms with Crippen LogP contribution in [0.2, 0.25) is 5.02 Å².